The van der Waals surface area contributed by atoms with Gasteiger partial charge in [0.05, 0.1) is 18.7 Å². The Morgan fingerprint density at radius 2 is 1.55 bits per heavy atom. The van der Waals surface area contributed by atoms with E-state index in [0.717, 1.165) is 36.8 Å². The Labute approximate surface area is 185 Å². The third-order valence-electron chi connectivity index (χ3n) is 6.10. The van der Waals surface area contributed by atoms with Gasteiger partial charge in [-0.2, -0.15) is 5.26 Å². The van der Waals surface area contributed by atoms with E-state index >= 15 is 0 Å². The average Bonchev–Trinajstić information content (AvgIpc) is 3.05. The Bertz CT molecular complexity index is 800. The van der Waals surface area contributed by atoms with E-state index in [0.29, 0.717) is 25.8 Å². The van der Waals surface area contributed by atoms with Gasteiger partial charge in [-0.25, -0.2) is 0 Å². The summed E-state index contributed by atoms with van der Waals surface area (Å²) in [6, 6.07) is 22.6. The molecule has 1 amide bonds. The lowest BCUT2D eigenvalue weighted by molar-refractivity contribution is -0.124. The van der Waals surface area contributed by atoms with E-state index in [4.69, 9.17) is 0 Å². The SMILES string of the molecule is N#CC1(NC(=O)CN(CCCO)C(c2ccccc2)c2ccccc2)CCCCCC1. The Kier molecular flexibility index (Phi) is 8.63. The van der Waals surface area contributed by atoms with Crippen LogP contribution in [0.3, 0.4) is 0 Å². The molecule has 31 heavy (non-hydrogen) atoms. The molecule has 0 spiro atoms. The van der Waals surface area contributed by atoms with Crippen molar-refractivity contribution < 1.29 is 9.90 Å². The summed E-state index contributed by atoms with van der Waals surface area (Å²) in [6.45, 7) is 0.826. The Hall–Kier alpha value is -2.68. The number of hydrogen-bond donors (Lipinski definition) is 2. The topological polar surface area (TPSA) is 76.4 Å². The van der Waals surface area contributed by atoms with Gasteiger partial charge in [0.2, 0.25) is 5.91 Å². The van der Waals surface area contributed by atoms with E-state index in [9.17, 15) is 15.2 Å². The predicted octanol–water partition coefficient (Wildman–Crippen LogP) is 4.19. The first-order valence-electron chi connectivity index (χ1n) is 11.3. The first kappa shape index (κ1) is 23.0. The summed E-state index contributed by atoms with van der Waals surface area (Å²) in [6.07, 6.45) is 6.18. The van der Waals surface area contributed by atoms with Gasteiger partial charge in [0.25, 0.3) is 0 Å². The molecule has 0 radical (unpaired) electrons. The summed E-state index contributed by atoms with van der Waals surface area (Å²) in [5, 5.41) is 22.4. The second-order valence-electron chi connectivity index (χ2n) is 8.43. The summed E-state index contributed by atoms with van der Waals surface area (Å²) >= 11 is 0. The summed E-state index contributed by atoms with van der Waals surface area (Å²) in [5.74, 6) is -0.127. The van der Waals surface area contributed by atoms with E-state index in [2.05, 4.69) is 40.6 Å². The van der Waals surface area contributed by atoms with Gasteiger partial charge in [-0.15, -0.1) is 0 Å². The molecule has 1 fully saturated rings. The fraction of sp³-hybridized carbons (Fsp3) is 0.462. The van der Waals surface area contributed by atoms with E-state index in [1.165, 1.54) is 0 Å². The smallest absolute Gasteiger partial charge is 0.235 e. The second kappa shape index (κ2) is 11.6. The van der Waals surface area contributed by atoms with Gasteiger partial charge in [0.15, 0.2) is 0 Å². The summed E-state index contributed by atoms with van der Waals surface area (Å²) in [5.41, 5.74) is 1.44. The van der Waals surface area contributed by atoms with Crippen molar-refractivity contribution in [2.24, 2.45) is 0 Å². The first-order valence-corrected chi connectivity index (χ1v) is 11.3. The average molecular weight is 420 g/mol. The Morgan fingerprint density at radius 3 is 2.03 bits per heavy atom. The number of aliphatic hydroxyl groups excluding tert-OH is 1. The lowest BCUT2D eigenvalue weighted by Gasteiger charge is -2.34. The summed E-state index contributed by atoms with van der Waals surface area (Å²) in [7, 11) is 0. The summed E-state index contributed by atoms with van der Waals surface area (Å²) < 4.78 is 0. The molecule has 1 aliphatic rings. The Balaban J connectivity index is 1.84. The van der Waals surface area contributed by atoms with Crippen LogP contribution in [0.15, 0.2) is 60.7 Å². The van der Waals surface area contributed by atoms with Crippen LogP contribution in [-0.4, -0.2) is 41.1 Å². The number of hydrogen-bond acceptors (Lipinski definition) is 4. The highest BCUT2D eigenvalue weighted by Crippen LogP contribution is 2.30. The van der Waals surface area contributed by atoms with Gasteiger partial charge >= 0.3 is 0 Å². The van der Waals surface area contributed by atoms with Gasteiger partial charge in [-0.3, -0.25) is 9.69 Å². The molecule has 2 aromatic rings. The highest BCUT2D eigenvalue weighted by atomic mass is 16.3. The number of rotatable bonds is 9. The van der Waals surface area contributed by atoms with Crippen LogP contribution in [0.1, 0.15) is 62.1 Å². The third-order valence-corrected chi connectivity index (χ3v) is 6.10. The molecule has 0 bridgehead atoms. The lowest BCUT2D eigenvalue weighted by Crippen LogP contribution is -2.51. The minimum Gasteiger partial charge on any atom is -0.396 e. The van der Waals surface area contributed by atoms with E-state index < -0.39 is 5.54 Å². The van der Waals surface area contributed by atoms with Gasteiger partial charge in [-0.1, -0.05) is 86.3 Å². The molecule has 0 atom stereocenters. The largest absolute Gasteiger partial charge is 0.396 e. The third kappa shape index (κ3) is 6.40. The molecule has 1 saturated carbocycles. The van der Waals surface area contributed by atoms with E-state index in [1.807, 2.05) is 36.4 Å². The molecular weight excluding hydrogens is 386 g/mol. The number of nitrogens with one attached hydrogen (secondary N) is 1. The molecule has 0 heterocycles. The zero-order chi connectivity index (χ0) is 21.9. The van der Waals surface area contributed by atoms with Crippen molar-refractivity contribution in [1.82, 2.24) is 10.2 Å². The highest BCUT2D eigenvalue weighted by molar-refractivity contribution is 5.79. The van der Waals surface area contributed by atoms with Crippen molar-refractivity contribution in [2.75, 3.05) is 19.7 Å². The van der Waals surface area contributed by atoms with E-state index in [-0.39, 0.29) is 25.1 Å². The number of nitriles is 1. The van der Waals surface area contributed by atoms with E-state index in [1.54, 1.807) is 0 Å². The molecule has 5 nitrogen and oxygen atoms in total. The molecule has 0 unspecified atom stereocenters. The van der Waals surface area contributed by atoms with Gasteiger partial charge in [0.1, 0.15) is 5.54 Å². The zero-order valence-corrected chi connectivity index (χ0v) is 18.2. The fourth-order valence-corrected chi connectivity index (χ4v) is 4.55. The number of aliphatic hydroxyl groups is 1. The van der Waals surface area contributed by atoms with Crippen molar-refractivity contribution in [3.63, 3.8) is 0 Å². The number of nitrogens with zero attached hydrogens (tertiary/aromatic N) is 2. The van der Waals surface area contributed by atoms with Crippen molar-refractivity contribution in [2.45, 2.75) is 56.5 Å². The molecule has 0 aliphatic heterocycles. The van der Waals surface area contributed by atoms with Gasteiger partial charge in [0, 0.05) is 13.2 Å². The second-order valence-corrected chi connectivity index (χ2v) is 8.43. The quantitative estimate of drug-likeness (QED) is 0.598. The number of carbonyl (C=O) groups is 1. The molecule has 2 aromatic carbocycles. The fourth-order valence-electron chi connectivity index (χ4n) is 4.55. The normalized spacial score (nSPS) is 15.9. The predicted molar refractivity (Wildman–Crippen MR) is 122 cm³/mol. The van der Waals surface area contributed by atoms with Crippen molar-refractivity contribution in [1.29, 1.82) is 5.26 Å². The van der Waals surface area contributed by atoms with Crippen LogP contribution in [0.25, 0.3) is 0 Å². The molecule has 1 aliphatic carbocycles. The van der Waals surface area contributed by atoms with Crippen molar-refractivity contribution in [3.8, 4) is 6.07 Å². The molecule has 2 N–H and O–H groups in total. The van der Waals surface area contributed by atoms with Crippen molar-refractivity contribution in [3.05, 3.63) is 71.8 Å². The number of carbonyl (C=O) groups excluding carboxylic acids is 1. The lowest BCUT2D eigenvalue weighted by atomic mass is 9.91. The van der Waals surface area contributed by atoms with Gasteiger partial charge < -0.3 is 10.4 Å². The van der Waals surface area contributed by atoms with Crippen LogP contribution in [0, 0.1) is 11.3 Å². The van der Waals surface area contributed by atoms with Crippen molar-refractivity contribution >= 4 is 5.91 Å². The standard InChI is InChI=1S/C26H33N3O2/c27-21-26(16-9-1-2-10-17-26)28-24(31)20-29(18-11-19-30)25(22-12-5-3-6-13-22)23-14-7-4-8-15-23/h3-8,12-15,25,30H,1-2,9-11,16-20H2,(H,28,31). The first-order chi connectivity index (χ1) is 15.2. The minimum atomic E-state index is -0.759. The maximum absolute atomic E-state index is 13.2. The van der Waals surface area contributed by atoms with Crippen LogP contribution in [0.2, 0.25) is 0 Å². The minimum absolute atomic E-state index is 0.0660. The molecular formula is C26H33N3O2. The Morgan fingerprint density at radius 1 is 1.00 bits per heavy atom. The van der Waals surface area contributed by atoms with Crippen LogP contribution in [0.5, 0.6) is 0 Å². The monoisotopic (exact) mass is 419 g/mol. The summed E-state index contributed by atoms with van der Waals surface area (Å²) in [4.78, 5) is 15.3. The number of amides is 1. The zero-order valence-electron chi connectivity index (χ0n) is 18.2. The van der Waals surface area contributed by atoms with Crippen LogP contribution < -0.4 is 5.32 Å². The van der Waals surface area contributed by atoms with Crippen LogP contribution in [0.4, 0.5) is 0 Å². The molecule has 164 valence electrons. The van der Waals surface area contributed by atoms with Gasteiger partial charge in [-0.05, 0) is 30.4 Å². The maximum Gasteiger partial charge on any atom is 0.235 e. The molecule has 0 aromatic heterocycles. The number of benzene rings is 2. The molecule has 3 rings (SSSR count). The maximum atomic E-state index is 13.2. The highest BCUT2D eigenvalue weighted by Gasteiger charge is 2.33. The molecule has 0 saturated heterocycles. The van der Waals surface area contributed by atoms with Crippen LogP contribution >= 0.6 is 0 Å². The molecule has 5 heteroatoms. The van der Waals surface area contributed by atoms with Crippen LogP contribution in [-0.2, 0) is 4.79 Å².